The standard InChI is InChI=1S/C24H22N2O3/c1-17-7-11-20(12-8-17)26-16-18(15-23(26)27)24(28)25-19-9-13-22(14-10-19)29-21-5-3-2-4-6-21/h2-14,18H,15-16H2,1H3,(H,25,28). The SMILES string of the molecule is Cc1ccc(N2CC(C(=O)Nc3ccc(Oc4ccccc4)cc3)CC2=O)cc1. The van der Waals surface area contributed by atoms with Gasteiger partial charge in [-0.25, -0.2) is 0 Å². The molecule has 1 aliphatic heterocycles. The molecule has 1 atom stereocenters. The van der Waals surface area contributed by atoms with Crippen molar-refractivity contribution >= 4 is 23.2 Å². The Bertz CT molecular complexity index is 999. The first-order chi connectivity index (χ1) is 14.1. The fourth-order valence-electron chi connectivity index (χ4n) is 3.33. The van der Waals surface area contributed by atoms with Gasteiger partial charge in [-0.05, 0) is 55.5 Å². The number of hydrogen-bond donors (Lipinski definition) is 1. The smallest absolute Gasteiger partial charge is 0.229 e. The Kier molecular flexibility index (Phi) is 5.29. The molecule has 1 N–H and O–H groups in total. The van der Waals surface area contributed by atoms with Gasteiger partial charge in [0, 0.05) is 24.3 Å². The van der Waals surface area contributed by atoms with Gasteiger partial charge in [-0.2, -0.15) is 0 Å². The molecule has 1 fully saturated rings. The molecule has 3 aromatic rings. The summed E-state index contributed by atoms with van der Waals surface area (Å²) in [6.45, 7) is 2.39. The van der Waals surface area contributed by atoms with E-state index in [1.165, 1.54) is 0 Å². The summed E-state index contributed by atoms with van der Waals surface area (Å²) >= 11 is 0. The van der Waals surface area contributed by atoms with E-state index in [4.69, 9.17) is 4.74 Å². The molecule has 1 aliphatic rings. The predicted octanol–water partition coefficient (Wildman–Crippen LogP) is 4.78. The average molecular weight is 386 g/mol. The zero-order chi connectivity index (χ0) is 20.2. The molecular formula is C24H22N2O3. The van der Waals surface area contributed by atoms with Crippen LogP contribution in [0.2, 0.25) is 0 Å². The van der Waals surface area contributed by atoms with Gasteiger partial charge in [0.2, 0.25) is 11.8 Å². The minimum absolute atomic E-state index is 0.0272. The van der Waals surface area contributed by atoms with Crippen molar-refractivity contribution in [2.75, 3.05) is 16.8 Å². The molecule has 3 aromatic carbocycles. The minimum Gasteiger partial charge on any atom is -0.457 e. The molecular weight excluding hydrogens is 364 g/mol. The van der Waals surface area contributed by atoms with Crippen LogP contribution in [0.5, 0.6) is 11.5 Å². The number of para-hydroxylation sites is 1. The van der Waals surface area contributed by atoms with Gasteiger partial charge < -0.3 is 15.0 Å². The lowest BCUT2D eigenvalue weighted by Gasteiger charge is -2.17. The van der Waals surface area contributed by atoms with Crippen molar-refractivity contribution in [3.63, 3.8) is 0 Å². The molecule has 5 nitrogen and oxygen atoms in total. The van der Waals surface area contributed by atoms with Crippen molar-refractivity contribution in [1.82, 2.24) is 0 Å². The molecule has 0 aliphatic carbocycles. The number of aryl methyl sites for hydroxylation is 1. The van der Waals surface area contributed by atoms with Crippen LogP contribution in [0.25, 0.3) is 0 Å². The van der Waals surface area contributed by atoms with E-state index in [-0.39, 0.29) is 24.2 Å². The zero-order valence-corrected chi connectivity index (χ0v) is 16.2. The Morgan fingerprint density at radius 1 is 0.931 bits per heavy atom. The second kappa shape index (κ2) is 8.19. The molecule has 5 heteroatoms. The summed E-state index contributed by atoms with van der Waals surface area (Å²) in [5.74, 6) is 0.898. The molecule has 1 saturated heterocycles. The van der Waals surface area contributed by atoms with E-state index in [1.807, 2.05) is 61.5 Å². The molecule has 0 saturated carbocycles. The topological polar surface area (TPSA) is 58.6 Å². The second-order valence-corrected chi connectivity index (χ2v) is 7.17. The number of rotatable bonds is 5. The van der Waals surface area contributed by atoms with Crippen LogP contribution in [0.1, 0.15) is 12.0 Å². The summed E-state index contributed by atoms with van der Waals surface area (Å²) in [7, 11) is 0. The van der Waals surface area contributed by atoms with Gasteiger partial charge in [-0.15, -0.1) is 0 Å². The lowest BCUT2D eigenvalue weighted by molar-refractivity contribution is -0.122. The van der Waals surface area contributed by atoms with Gasteiger partial charge in [0.25, 0.3) is 0 Å². The summed E-state index contributed by atoms with van der Waals surface area (Å²) < 4.78 is 5.76. The van der Waals surface area contributed by atoms with Gasteiger partial charge in [-0.3, -0.25) is 9.59 Å². The lowest BCUT2D eigenvalue weighted by atomic mass is 10.1. The monoisotopic (exact) mass is 386 g/mol. The zero-order valence-electron chi connectivity index (χ0n) is 16.2. The Labute approximate surface area is 169 Å². The van der Waals surface area contributed by atoms with Gasteiger partial charge >= 0.3 is 0 Å². The molecule has 1 unspecified atom stereocenters. The summed E-state index contributed by atoms with van der Waals surface area (Å²) in [6, 6.07) is 24.5. The second-order valence-electron chi connectivity index (χ2n) is 7.17. The fraction of sp³-hybridized carbons (Fsp3) is 0.167. The maximum Gasteiger partial charge on any atom is 0.229 e. The van der Waals surface area contributed by atoms with E-state index >= 15 is 0 Å². The number of carbonyl (C=O) groups is 2. The third kappa shape index (κ3) is 4.46. The van der Waals surface area contributed by atoms with Crippen molar-refractivity contribution in [3.05, 3.63) is 84.4 Å². The number of hydrogen-bond acceptors (Lipinski definition) is 3. The number of benzene rings is 3. The minimum atomic E-state index is -0.371. The van der Waals surface area contributed by atoms with E-state index in [9.17, 15) is 9.59 Å². The van der Waals surface area contributed by atoms with Crippen LogP contribution >= 0.6 is 0 Å². The maximum atomic E-state index is 12.6. The van der Waals surface area contributed by atoms with E-state index in [2.05, 4.69) is 5.32 Å². The molecule has 1 heterocycles. The quantitative estimate of drug-likeness (QED) is 0.687. The van der Waals surface area contributed by atoms with Crippen molar-refractivity contribution < 1.29 is 14.3 Å². The summed E-state index contributed by atoms with van der Waals surface area (Å²) in [6.07, 6.45) is 0.217. The number of carbonyl (C=O) groups excluding carboxylic acids is 2. The van der Waals surface area contributed by atoms with Gasteiger partial charge in [0.05, 0.1) is 5.92 Å². The van der Waals surface area contributed by atoms with Crippen molar-refractivity contribution in [2.45, 2.75) is 13.3 Å². The van der Waals surface area contributed by atoms with Crippen LogP contribution in [0.4, 0.5) is 11.4 Å². The Morgan fingerprint density at radius 3 is 2.28 bits per heavy atom. The number of nitrogens with zero attached hydrogens (tertiary/aromatic N) is 1. The van der Waals surface area contributed by atoms with E-state index in [0.717, 1.165) is 17.0 Å². The highest BCUT2D eigenvalue weighted by molar-refractivity contribution is 6.03. The van der Waals surface area contributed by atoms with Gasteiger partial charge in [0.15, 0.2) is 0 Å². The van der Waals surface area contributed by atoms with E-state index < -0.39 is 0 Å². The number of ether oxygens (including phenoxy) is 1. The highest BCUT2D eigenvalue weighted by Gasteiger charge is 2.35. The maximum absolute atomic E-state index is 12.6. The number of anilines is 2. The number of nitrogens with one attached hydrogen (secondary N) is 1. The third-order valence-electron chi connectivity index (χ3n) is 4.94. The van der Waals surface area contributed by atoms with Crippen LogP contribution in [0.15, 0.2) is 78.9 Å². The fourth-order valence-corrected chi connectivity index (χ4v) is 3.33. The van der Waals surface area contributed by atoms with Crippen LogP contribution in [-0.2, 0) is 9.59 Å². The van der Waals surface area contributed by atoms with E-state index in [1.54, 1.807) is 29.2 Å². The highest BCUT2D eigenvalue weighted by atomic mass is 16.5. The first kappa shape index (κ1) is 18.7. The molecule has 29 heavy (non-hydrogen) atoms. The highest BCUT2D eigenvalue weighted by Crippen LogP contribution is 2.27. The average Bonchev–Trinajstić information content (AvgIpc) is 3.13. The molecule has 0 spiro atoms. The number of amides is 2. The van der Waals surface area contributed by atoms with Crippen molar-refractivity contribution in [3.8, 4) is 11.5 Å². The molecule has 0 aromatic heterocycles. The van der Waals surface area contributed by atoms with Crippen LogP contribution in [-0.4, -0.2) is 18.4 Å². The first-order valence-corrected chi connectivity index (χ1v) is 9.59. The lowest BCUT2D eigenvalue weighted by Crippen LogP contribution is -2.28. The molecule has 4 rings (SSSR count). The summed E-state index contributed by atoms with van der Waals surface area (Å²) in [5.41, 5.74) is 2.64. The molecule has 146 valence electrons. The Morgan fingerprint density at radius 2 is 1.59 bits per heavy atom. The molecule has 0 bridgehead atoms. The van der Waals surface area contributed by atoms with Crippen molar-refractivity contribution in [2.24, 2.45) is 5.92 Å². The Balaban J connectivity index is 1.37. The third-order valence-corrected chi connectivity index (χ3v) is 4.94. The van der Waals surface area contributed by atoms with Crippen LogP contribution in [0.3, 0.4) is 0 Å². The molecule has 2 amide bonds. The van der Waals surface area contributed by atoms with Crippen molar-refractivity contribution in [1.29, 1.82) is 0 Å². The Hall–Kier alpha value is -3.60. The predicted molar refractivity (Wildman–Crippen MR) is 113 cm³/mol. The van der Waals surface area contributed by atoms with Gasteiger partial charge in [-0.1, -0.05) is 35.9 Å². The molecule has 0 radical (unpaired) electrons. The van der Waals surface area contributed by atoms with Gasteiger partial charge in [0.1, 0.15) is 11.5 Å². The largest absolute Gasteiger partial charge is 0.457 e. The van der Waals surface area contributed by atoms with Crippen LogP contribution in [0, 0.1) is 12.8 Å². The summed E-state index contributed by atoms with van der Waals surface area (Å²) in [5, 5.41) is 2.90. The normalized spacial score (nSPS) is 16.0. The van der Waals surface area contributed by atoms with E-state index in [0.29, 0.717) is 18.0 Å². The summed E-state index contributed by atoms with van der Waals surface area (Å²) in [4.78, 5) is 26.7. The first-order valence-electron chi connectivity index (χ1n) is 9.59. The van der Waals surface area contributed by atoms with Crippen LogP contribution < -0.4 is 15.0 Å².